The summed E-state index contributed by atoms with van der Waals surface area (Å²) in [6.07, 6.45) is -5.51. The van der Waals surface area contributed by atoms with Crippen molar-refractivity contribution >= 4 is 11.6 Å². The molecule has 8 heteroatoms. The fraction of sp³-hybridized carbons (Fsp3) is 0.579. The van der Waals surface area contributed by atoms with Gasteiger partial charge in [-0.05, 0) is 44.2 Å². The van der Waals surface area contributed by atoms with E-state index in [1.54, 1.807) is 13.8 Å². The average molecular weight is 386 g/mol. The minimum absolute atomic E-state index is 0.0467. The van der Waals surface area contributed by atoms with Gasteiger partial charge in [-0.25, -0.2) is 0 Å². The fourth-order valence-corrected chi connectivity index (χ4v) is 3.28. The maximum Gasteiger partial charge on any atom is 0.438 e. The first-order chi connectivity index (χ1) is 12.3. The number of nitrogens with zero attached hydrogens (tertiary/aromatic N) is 2. The van der Waals surface area contributed by atoms with Crippen molar-refractivity contribution in [2.75, 3.05) is 6.61 Å². The van der Waals surface area contributed by atoms with Gasteiger partial charge in [0.2, 0.25) is 0 Å². The molecule has 1 atom stereocenters. The van der Waals surface area contributed by atoms with Crippen molar-refractivity contribution < 1.29 is 27.8 Å². The Morgan fingerprint density at radius 1 is 1.30 bits per heavy atom. The van der Waals surface area contributed by atoms with Crippen molar-refractivity contribution in [3.05, 3.63) is 28.8 Å². The molecular formula is C19H25F3N2O3. The minimum Gasteiger partial charge on any atom is -0.483 e. The lowest BCUT2D eigenvalue weighted by molar-refractivity contribution is -0.302. The van der Waals surface area contributed by atoms with E-state index in [1.807, 2.05) is 32.9 Å². The Hall–Kier alpha value is -2.09. The molecule has 0 unspecified atom stereocenters. The first kappa shape index (κ1) is 21.2. The van der Waals surface area contributed by atoms with Crippen LogP contribution in [0.3, 0.4) is 0 Å². The van der Waals surface area contributed by atoms with Gasteiger partial charge in [-0.15, -0.1) is 0 Å². The Morgan fingerprint density at radius 3 is 2.33 bits per heavy atom. The maximum atomic E-state index is 13.4. The first-order valence-electron chi connectivity index (χ1n) is 8.74. The third-order valence-electron chi connectivity index (χ3n) is 4.32. The van der Waals surface area contributed by atoms with Gasteiger partial charge in [-0.2, -0.15) is 23.3 Å². The van der Waals surface area contributed by atoms with Crippen LogP contribution >= 0.6 is 0 Å². The first-order valence-corrected chi connectivity index (χ1v) is 8.74. The number of ether oxygens (including phenoxy) is 1. The summed E-state index contributed by atoms with van der Waals surface area (Å²) in [4.78, 5) is 12.4. The SMILES string of the molecule is Cc1cc(C)c(OCC(=O)N2N=C(CC(C)C)C[C@]2(O)C(F)(F)F)c(C)c1. The van der Waals surface area contributed by atoms with Crippen LogP contribution in [0.4, 0.5) is 13.2 Å². The molecule has 1 aliphatic rings. The molecule has 1 aliphatic heterocycles. The Morgan fingerprint density at radius 2 is 1.85 bits per heavy atom. The third kappa shape index (κ3) is 4.43. The largest absolute Gasteiger partial charge is 0.483 e. The average Bonchev–Trinajstić information content (AvgIpc) is 2.82. The molecular weight excluding hydrogens is 361 g/mol. The van der Waals surface area contributed by atoms with Gasteiger partial charge in [0.05, 0.1) is 0 Å². The van der Waals surface area contributed by atoms with E-state index in [-0.39, 0.29) is 23.1 Å². The molecule has 5 nitrogen and oxygen atoms in total. The van der Waals surface area contributed by atoms with Crippen LogP contribution < -0.4 is 4.74 Å². The van der Waals surface area contributed by atoms with Gasteiger partial charge in [0.25, 0.3) is 11.6 Å². The smallest absolute Gasteiger partial charge is 0.438 e. The van der Waals surface area contributed by atoms with Crippen LogP contribution in [-0.4, -0.2) is 40.2 Å². The number of carbonyl (C=O) groups is 1. The molecule has 2 rings (SSSR count). The van der Waals surface area contributed by atoms with Crippen molar-refractivity contribution in [1.29, 1.82) is 0 Å². The monoisotopic (exact) mass is 386 g/mol. The van der Waals surface area contributed by atoms with E-state index in [0.717, 1.165) is 16.7 Å². The van der Waals surface area contributed by atoms with Crippen molar-refractivity contribution in [1.82, 2.24) is 5.01 Å². The van der Waals surface area contributed by atoms with Gasteiger partial charge in [-0.1, -0.05) is 31.5 Å². The van der Waals surface area contributed by atoms with Crippen LogP contribution in [-0.2, 0) is 4.79 Å². The quantitative estimate of drug-likeness (QED) is 0.836. The maximum absolute atomic E-state index is 13.4. The number of rotatable bonds is 5. The van der Waals surface area contributed by atoms with E-state index in [0.29, 0.717) is 5.75 Å². The summed E-state index contributed by atoms with van der Waals surface area (Å²) < 4.78 is 45.8. The Labute approximate surface area is 156 Å². The Kier molecular flexibility index (Phi) is 5.89. The second kappa shape index (κ2) is 7.50. The number of benzene rings is 1. The van der Waals surface area contributed by atoms with Gasteiger partial charge < -0.3 is 9.84 Å². The zero-order chi connectivity index (χ0) is 20.6. The van der Waals surface area contributed by atoms with Gasteiger partial charge >= 0.3 is 6.18 Å². The minimum atomic E-state index is -5.03. The highest BCUT2D eigenvalue weighted by molar-refractivity contribution is 5.91. The molecule has 1 aromatic rings. The Bertz CT molecular complexity index is 736. The predicted molar refractivity (Wildman–Crippen MR) is 95.5 cm³/mol. The molecule has 1 aromatic carbocycles. The van der Waals surface area contributed by atoms with Crippen LogP contribution in [0.25, 0.3) is 0 Å². The van der Waals surface area contributed by atoms with E-state index in [4.69, 9.17) is 4.74 Å². The highest BCUT2D eigenvalue weighted by atomic mass is 19.4. The molecule has 0 saturated heterocycles. The standard InChI is InChI=1S/C19H25F3N2O3/c1-11(2)6-15-9-18(26,19(20,21)22)24(23-15)16(25)10-27-17-13(4)7-12(3)8-14(17)5/h7-8,11,26H,6,9-10H2,1-5H3/t18-/m0/s1. The third-order valence-corrected chi connectivity index (χ3v) is 4.32. The molecule has 0 fully saturated rings. The molecule has 1 heterocycles. The molecule has 0 aliphatic carbocycles. The Balaban J connectivity index is 2.22. The number of aryl methyl sites for hydroxylation is 3. The number of amides is 1. The predicted octanol–water partition coefficient (Wildman–Crippen LogP) is 3.88. The molecule has 0 spiro atoms. The molecule has 0 radical (unpaired) electrons. The van der Waals surface area contributed by atoms with Crippen molar-refractivity contribution in [2.24, 2.45) is 11.0 Å². The number of hydrogen-bond donors (Lipinski definition) is 1. The summed E-state index contributed by atoms with van der Waals surface area (Å²) in [5, 5.41) is 14.1. The summed E-state index contributed by atoms with van der Waals surface area (Å²) in [5.41, 5.74) is -0.637. The highest BCUT2D eigenvalue weighted by Gasteiger charge is 2.63. The molecule has 1 amide bonds. The summed E-state index contributed by atoms with van der Waals surface area (Å²) in [5.74, 6) is -0.562. The van der Waals surface area contributed by atoms with Gasteiger partial charge in [0.15, 0.2) is 6.61 Å². The number of halogens is 3. The molecule has 1 N–H and O–H groups in total. The zero-order valence-electron chi connectivity index (χ0n) is 16.1. The van der Waals surface area contributed by atoms with Crippen LogP contribution in [0, 0.1) is 26.7 Å². The van der Waals surface area contributed by atoms with E-state index >= 15 is 0 Å². The number of carbonyl (C=O) groups excluding carboxylic acids is 1. The zero-order valence-corrected chi connectivity index (χ0v) is 16.1. The topological polar surface area (TPSA) is 62.1 Å². The normalized spacial score (nSPS) is 20.2. The molecule has 150 valence electrons. The van der Waals surface area contributed by atoms with Gasteiger partial charge in [0.1, 0.15) is 5.75 Å². The van der Waals surface area contributed by atoms with E-state index < -0.39 is 30.8 Å². The van der Waals surface area contributed by atoms with Crippen molar-refractivity contribution in [2.45, 2.75) is 59.4 Å². The number of alkyl halides is 3. The van der Waals surface area contributed by atoms with Crippen LogP contribution in [0.5, 0.6) is 5.75 Å². The van der Waals surface area contributed by atoms with Crippen LogP contribution in [0.15, 0.2) is 17.2 Å². The van der Waals surface area contributed by atoms with E-state index in [2.05, 4.69) is 5.10 Å². The summed E-state index contributed by atoms with van der Waals surface area (Å²) in [6.45, 7) is 8.49. The van der Waals surface area contributed by atoms with Gasteiger partial charge in [-0.3, -0.25) is 4.79 Å². The highest BCUT2D eigenvalue weighted by Crippen LogP contribution is 2.41. The van der Waals surface area contributed by atoms with Crippen LogP contribution in [0.2, 0.25) is 0 Å². The van der Waals surface area contributed by atoms with Gasteiger partial charge in [0, 0.05) is 12.1 Å². The number of hydrogen-bond acceptors (Lipinski definition) is 4. The summed E-state index contributed by atoms with van der Waals surface area (Å²) in [6, 6.07) is 3.71. The van der Waals surface area contributed by atoms with E-state index in [9.17, 15) is 23.1 Å². The second-order valence-electron chi connectivity index (χ2n) is 7.48. The summed E-state index contributed by atoms with van der Waals surface area (Å²) >= 11 is 0. The molecule has 27 heavy (non-hydrogen) atoms. The lowest BCUT2D eigenvalue weighted by Gasteiger charge is -2.32. The number of hydrazone groups is 1. The lowest BCUT2D eigenvalue weighted by atomic mass is 9.99. The lowest BCUT2D eigenvalue weighted by Crippen LogP contribution is -2.57. The second-order valence-corrected chi connectivity index (χ2v) is 7.48. The molecule has 0 saturated carbocycles. The molecule has 0 bridgehead atoms. The van der Waals surface area contributed by atoms with E-state index in [1.165, 1.54) is 0 Å². The van der Waals surface area contributed by atoms with Crippen LogP contribution in [0.1, 0.15) is 43.4 Å². The van der Waals surface area contributed by atoms with Crippen molar-refractivity contribution in [3.8, 4) is 5.75 Å². The van der Waals surface area contributed by atoms with Crippen molar-refractivity contribution in [3.63, 3.8) is 0 Å². The molecule has 0 aromatic heterocycles. The summed E-state index contributed by atoms with van der Waals surface area (Å²) in [7, 11) is 0. The number of aliphatic hydroxyl groups is 1. The fourth-order valence-electron chi connectivity index (χ4n) is 3.28.